The van der Waals surface area contributed by atoms with Crippen LogP contribution in [0, 0.1) is 11.3 Å². The van der Waals surface area contributed by atoms with Crippen molar-refractivity contribution >= 4 is 5.91 Å². The van der Waals surface area contributed by atoms with Gasteiger partial charge >= 0.3 is 0 Å². The second-order valence-corrected chi connectivity index (χ2v) is 5.19. The van der Waals surface area contributed by atoms with Crippen LogP contribution in [-0.4, -0.2) is 37.7 Å². The van der Waals surface area contributed by atoms with Gasteiger partial charge in [0.25, 0.3) is 5.91 Å². The van der Waals surface area contributed by atoms with E-state index in [0.717, 1.165) is 5.56 Å². The first-order valence-corrected chi connectivity index (χ1v) is 7.67. The summed E-state index contributed by atoms with van der Waals surface area (Å²) in [5.41, 5.74) is 1.45. The molecule has 0 N–H and O–H groups in total. The minimum absolute atomic E-state index is 0.116. The number of ether oxygens (including phenoxy) is 2. The van der Waals surface area contributed by atoms with E-state index in [-0.39, 0.29) is 12.5 Å². The van der Waals surface area contributed by atoms with Crippen LogP contribution in [0.3, 0.4) is 0 Å². The molecule has 0 fully saturated rings. The molecule has 24 heavy (non-hydrogen) atoms. The molecule has 124 valence electrons. The van der Waals surface area contributed by atoms with Gasteiger partial charge in [-0.05, 0) is 17.7 Å². The maximum atomic E-state index is 12.5. The Kier molecular flexibility index (Phi) is 6.81. The van der Waals surface area contributed by atoms with Crippen LogP contribution in [0.2, 0.25) is 0 Å². The highest BCUT2D eigenvalue weighted by molar-refractivity contribution is 5.77. The Morgan fingerprint density at radius 2 is 1.83 bits per heavy atom. The number of hydrogen-bond donors (Lipinski definition) is 0. The Balaban J connectivity index is 2.00. The quantitative estimate of drug-likeness (QED) is 0.749. The summed E-state index contributed by atoms with van der Waals surface area (Å²) in [6, 6.07) is 18.7. The van der Waals surface area contributed by atoms with Crippen LogP contribution < -0.4 is 4.74 Å². The van der Waals surface area contributed by atoms with Crippen LogP contribution in [0.4, 0.5) is 0 Å². The van der Waals surface area contributed by atoms with Gasteiger partial charge < -0.3 is 14.4 Å². The average Bonchev–Trinajstić information content (AvgIpc) is 2.64. The molecule has 0 radical (unpaired) electrons. The lowest BCUT2D eigenvalue weighted by Crippen LogP contribution is -2.36. The lowest BCUT2D eigenvalue weighted by Gasteiger charge is -2.22. The summed E-state index contributed by atoms with van der Waals surface area (Å²) in [4.78, 5) is 14.2. The Hall–Kier alpha value is -2.84. The average molecular weight is 324 g/mol. The van der Waals surface area contributed by atoms with E-state index in [9.17, 15) is 4.79 Å². The maximum Gasteiger partial charge on any atom is 0.260 e. The van der Waals surface area contributed by atoms with Crippen molar-refractivity contribution < 1.29 is 14.3 Å². The highest BCUT2D eigenvalue weighted by Gasteiger charge is 2.15. The van der Waals surface area contributed by atoms with Crippen molar-refractivity contribution in [2.24, 2.45) is 0 Å². The minimum Gasteiger partial charge on any atom is -0.482 e. The third-order valence-corrected chi connectivity index (χ3v) is 3.49. The summed E-state index contributed by atoms with van der Waals surface area (Å²) in [5.74, 6) is 0.267. The van der Waals surface area contributed by atoms with Crippen molar-refractivity contribution in [2.75, 3.05) is 26.9 Å². The second-order valence-electron chi connectivity index (χ2n) is 5.19. The van der Waals surface area contributed by atoms with E-state index in [2.05, 4.69) is 6.07 Å². The Morgan fingerprint density at radius 1 is 1.12 bits per heavy atom. The van der Waals surface area contributed by atoms with Crippen molar-refractivity contribution in [3.63, 3.8) is 0 Å². The minimum atomic E-state index is -0.149. The van der Waals surface area contributed by atoms with E-state index in [4.69, 9.17) is 14.7 Å². The van der Waals surface area contributed by atoms with E-state index in [0.29, 0.717) is 31.0 Å². The summed E-state index contributed by atoms with van der Waals surface area (Å²) in [6.07, 6.45) is 0. The fourth-order valence-corrected chi connectivity index (χ4v) is 2.21. The summed E-state index contributed by atoms with van der Waals surface area (Å²) in [7, 11) is 1.60. The van der Waals surface area contributed by atoms with Crippen molar-refractivity contribution in [3.05, 3.63) is 65.7 Å². The largest absolute Gasteiger partial charge is 0.482 e. The molecule has 0 aromatic heterocycles. The topological polar surface area (TPSA) is 62.6 Å². The lowest BCUT2D eigenvalue weighted by molar-refractivity contribution is -0.134. The molecule has 0 unspecified atom stereocenters. The molecule has 1 amide bonds. The Labute approximate surface area is 142 Å². The Morgan fingerprint density at radius 3 is 2.54 bits per heavy atom. The van der Waals surface area contributed by atoms with Crippen molar-refractivity contribution in [2.45, 2.75) is 6.54 Å². The third-order valence-electron chi connectivity index (χ3n) is 3.49. The molecule has 0 bridgehead atoms. The first-order valence-electron chi connectivity index (χ1n) is 7.67. The van der Waals surface area contributed by atoms with Gasteiger partial charge in [0.05, 0.1) is 12.2 Å². The first-order chi connectivity index (χ1) is 11.7. The van der Waals surface area contributed by atoms with Crippen LogP contribution in [0.5, 0.6) is 5.75 Å². The van der Waals surface area contributed by atoms with Gasteiger partial charge in [0, 0.05) is 20.2 Å². The van der Waals surface area contributed by atoms with Crippen LogP contribution in [0.15, 0.2) is 54.6 Å². The molecular weight excluding hydrogens is 304 g/mol. The third kappa shape index (κ3) is 5.11. The number of nitrogens with zero attached hydrogens (tertiary/aromatic N) is 2. The van der Waals surface area contributed by atoms with Gasteiger partial charge in [-0.2, -0.15) is 5.26 Å². The molecule has 0 spiro atoms. The van der Waals surface area contributed by atoms with Crippen LogP contribution >= 0.6 is 0 Å². The van der Waals surface area contributed by atoms with Gasteiger partial charge in [0.1, 0.15) is 11.8 Å². The van der Waals surface area contributed by atoms with Gasteiger partial charge in [-0.25, -0.2) is 0 Å². The number of rotatable bonds is 8. The molecule has 0 aliphatic rings. The number of carbonyl (C=O) groups is 1. The van der Waals surface area contributed by atoms with Gasteiger partial charge in [0.2, 0.25) is 0 Å². The monoisotopic (exact) mass is 324 g/mol. The number of amides is 1. The molecule has 0 heterocycles. The summed E-state index contributed by atoms with van der Waals surface area (Å²) in [5, 5.41) is 9.06. The van der Waals surface area contributed by atoms with Crippen molar-refractivity contribution in [1.82, 2.24) is 4.90 Å². The smallest absolute Gasteiger partial charge is 0.260 e. The highest BCUT2D eigenvalue weighted by atomic mass is 16.5. The zero-order valence-corrected chi connectivity index (χ0v) is 13.6. The van der Waals surface area contributed by atoms with Crippen molar-refractivity contribution in [3.8, 4) is 11.8 Å². The van der Waals surface area contributed by atoms with Gasteiger partial charge in [-0.3, -0.25) is 4.79 Å². The van der Waals surface area contributed by atoms with Gasteiger partial charge in [-0.15, -0.1) is 0 Å². The SMILES string of the molecule is COCCN(Cc1ccccc1)C(=O)COc1ccccc1C#N. The molecule has 2 aromatic rings. The molecule has 5 heteroatoms. The molecule has 2 rings (SSSR count). The number of carbonyl (C=O) groups excluding carboxylic acids is 1. The van der Waals surface area contributed by atoms with Crippen molar-refractivity contribution in [1.29, 1.82) is 5.26 Å². The van der Waals surface area contributed by atoms with E-state index in [1.54, 1.807) is 36.3 Å². The normalized spacial score (nSPS) is 10.0. The highest BCUT2D eigenvalue weighted by Crippen LogP contribution is 2.16. The first kappa shape index (κ1) is 17.5. The molecule has 0 saturated carbocycles. The molecule has 0 aliphatic carbocycles. The zero-order chi connectivity index (χ0) is 17.2. The summed E-state index contributed by atoms with van der Waals surface area (Å²) < 4.78 is 10.6. The molecule has 5 nitrogen and oxygen atoms in total. The van der Waals surface area contributed by atoms with E-state index in [1.807, 2.05) is 30.3 Å². The van der Waals surface area contributed by atoms with Crippen LogP contribution in [-0.2, 0) is 16.1 Å². The predicted molar refractivity (Wildman–Crippen MR) is 90.4 cm³/mol. The molecule has 0 saturated heterocycles. The number of methoxy groups -OCH3 is 1. The molecule has 2 aromatic carbocycles. The molecule has 0 aliphatic heterocycles. The second kappa shape index (κ2) is 9.33. The molecular formula is C19H20N2O3. The number of nitriles is 1. The number of hydrogen-bond acceptors (Lipinski definition) is 4. The van der Waals surface area contributed by atoms with E-state index >= 15 is 0 Å². The van der Waals surface area contributed by atoms with Gasteiger partial charge in [-0.1, -0.05) is 42.5 Å². The molecule has 0 atom stereocenters. The zero-order valence-electron chi connectivity index (χ0n) is 13.6. The van der Waals surface area contributed by atoms with Gasteiger partial charge in [0.15, 0.2) is 6.61 Å². The summed E-state index contributed by atoms with van der Waals surface area (Å²) >= 11 is 0. The fraction of sp³-hybridized carbons (Fsp3) is 0.263. The Bertz CT molecular complexity index is 695. The number of para-hydroxylation sites is 1. The van der Waals surface area contributed by atoms with E-state index in [1.165, 1.54) is 0 Å². The van der Waals surface area contributed by atoms with Crippen LogP contribution in [0.1, 0.15) is 11.1 Å². The predicted octanol–water partition coefficient (Wildman–Crippen LogP) is 2.61. The lowest BCUT2D eigenvalue weighted by atomic mass is 10.2. The maximum absolute atomic E-state index is 12.5. The number of benzene rings is 2. The standard InChI is InChI=1S/C19H20N2O3/c1-23-12-11-21(14-16-7-3-2-4-8-16)19(22)15-24-18-10-6-5-9-17(18)13-20/h2-10H,11-12,14-15H2,1H3. The summed E-state index contributed by atoms with van der Waals surface area (Å²) in [6.45, 7) is 1.31. The fourth-order valence-electron chi connectivity index (χ4n) is 2.21. The van der Waals surface area contributed by atoms with Crippen LogP contribution in [0.25, 0.3) is 0 Å². The van der Waals surface area contributed by atoms with E-state index < -0.39 is 0 Å².